The lowest BCUT2D eigenvalue weighted by Crippen LogP contribution is -2.40. The van der Waals surface area contributed by atoms with Crippen molar-refractivity contribution in [3.63, 3.8) is 0 Å². The molecule has 0 spiro atoms. The van der Waals surface area contributed by atoms with E-state index < -0.39 is 0 Å². The van der Waals surface area contributed by atoms with Crippen molar-refractivity contribution in [2.24, 2.45) is 0 Å². The van der Waals surface area contributed by atoms with Crippen molar-refractivity contribution in [1.29, 1.82) is 0 Å². The minimum absolute atomic E-state index is 0.901. The fraction of sp³-hybridized carbons (Fsp3) is 0.500. The van der Waals surface area contributed by atoms with Crippen LogP contribution in [0.2, 0.25) is 0 Å². The first-order valence-corrected chi connectivity index (χ1v) is 33.5. The van der Waals surface area contributed by atoms with Gasteiger partial charge in [0.25, 0.3) is 0 Å². The van der Waals surface area contributed by atoms with Crippen LogP contribution in [0.3, 0.4) is 0 Å². The monoisotopic (exact) mass is 1200 g/mol. The van der Waals surface area contributed by atoms with Gasteiger partial charge in [0.1, 0.15) is 0 Å². The molecule has 0 amide bonds. The van der Waals surface area contributed by atoms with E-state index in [0.29, 0.717) is 0 Å². The molecule has 88 heavy (non-hydrogen) atoms. The zero-order valence-electron chi connectivity index (χ0n) is 53.1. The van der Waals surface area contributed by atoms with Crippen molar-refractivity contribution in [3.8, 4) is 0 Å². The van der Waals surface area contributed by atoms with Crippen molar-refractivity contribution >= 4 is 0 Å². The van der Waals surface area contributed by atoms with Gasteiger partial charge in [0.2, 0.25) is 0 Å². The van der Waals surface area contributed by atoms with Gasteiger partial charge in [-0.25, -0.2) is 0 Å². The molecule has 0 radical (unpaired) electrons. The topological polar surface area (TPSA) is 157 Å². The summed E-state index contributed by atoms with van der Waals surface area (Å²) in [4.78, 5) is 10.3. The van der Waals surface area contributed by atoms with Crippen LogP contribution >= 0.6 is 0 Å². The maximum atomic E-state index is 3.71. The quantitative estimate of drug-likeness (QED) is 0.103. The molecule has 0 saturated carbocycles. The summed E-state index contributed by atoms with van der Waals surface area (Å²) in [6.45, 7) is 34.9. The predicted molar refractivity (Wildman–Crippen MR) is 365 cm³/mol. The van der Waals surface area contributed by atoms with Crippen LogP contribution in [0.1, 0.15) is 66.8 Å². The highest BCUT2D eigenvalue weighted by atomic mass is 15.2. The third-order valence-electron chi connectivity index (χ3n) is 17.2. The zero-order chi connectivity index (χ0) is 60.1. The Labute approximate surface area is 528 Å². The highest BCUT2D eigenvalue weighted by Gasteiger charge is 2.12. The molecule has 6 aliphatic heterocycles. The molecule has 0 saturated heterocycles. The first-order valence-electron chi connectivity index (χ1n) is 33.5. The molecule has 12 rings (SSSR count). The van der Waals surface area contributed by atoms with Crippen LogP contribution in [-0.2, 0) is 78.5 Å². The lowest BCUT2D eigenvalue weighted by molar-refractivity contribution is 0.270. The third kappa shape index (κ3) is 26.6. The summed E-state index contributed by atoms with van der Waals surface area (Å²) in [6, 6.07) is 54.1. The van der Waals surface area contributed by atoms with E-state index in [2.05, 4.69) is 229 Å². The van der Waals surface area contributed by atoms with E-state index in [-0.39, 0.29) is 0 Å². The summed E-state index contributed by atoms with van der Waals surface area (Å²) in [6.07, 6.45) is 0. The summed E-state index contributed by atoms with van der Waals surface area (Å²) in [5.74, 6) is 0. The number of benzene rings is 6. The Morgan fingerprint density at radius 3 is 0.364 bits per heavy atom. The van der Waals surface area contributed by atoms with E-state index in [1.807, 2.05) is 0 Å². The molecule has 16 nitrogen and oxygen atoms in total. The fourth-order valence-electron chi connectivity index (χ4n) is 12.1. The SMILES string of the molecule is c1cc2cc(c1)CNCCN1CCNCc3cccc(c3)CNCCN(CCNC2)CCNCc2cccc(c2)CNCC1.c1cc2cc(c1)CNCCN1CCNCc3cccc(c3)CNCCN(CCNC2)CCNCc2cccc(c2)CNCC1. The van der Waals surface area contributed by atoms with Gasteiger partial charge in [-0.2, -0.15) is 0 Å². The van der Waals surface area contributed by atoms with Gasteiger partial charge in [-0.05, 0) is 66.8 Å². The second-order valence-corrected chi connectivity index (χ2v) is 24.4. The lowest BCUT2D eigenvalue weighted by Gasteiger charge is -2.24. The highest BCUT2D eigenvalue weighted by Crippen LogP contribution is 2.11. The van der Waals surface area contributed by atoms with Gasteiger partial charge < -0.3 is 63.8 Å². The molecule has 6 aliphatic rings. The Kier molecular flexibility index (Phi) is 30.8. The van der Waals surface area contributed by atoms with Crippen LogP contribution in [0.4, 0.5) is 0 Å². The number of fused-ring (bicyclic) bond motifs is 36. The summed E-state index contributed by atoms with van der Waals surface area (Å²) >= 11 is 0. The smallest absolute Gasteiger partial charge is 0.0206 e. The maximum absolute atomic E-state index is 3.71. The van der Waals surface area contributed by atoms with Crippen molar-refractivity contribution in [2.75, 3.05) is 157 Å². The van der Waals surface area contributed by atoms with E-state index in [1.54, 1.807) is 0 Å². The second-order valence-electron chi connectivity index (χ2n) is 24.4. The molecule has 6 heterocycles. The van der Waals surface area contributed by atoms with E-state index in [0.717, 1.165) is 236 Å². The van der Waals surface area contributed by atoms with Gasteiger partial charge in [-0.3, -0.25) is 19.6 Å². The van der Waals surface area contributed by atoms with Crippen LogP contribution in [0.15, 0.2) is 146 Å². The molecule has 12 N–H and O–H groups in total. The number of nitrogens with one attached hydrogen (secondary N) is 12. The van der Waals surface area contributed by atoms with Gasteiger partial charge in [0.05, 0.1) is 0 Å². The minimum Gasteiger partial charge on any atom is -0.311 e. The Morgan fingerprint density at radius 1 is 0.159 bits per heavy atom. The second kappa shape index (κ2) is 40.4. The molecule has 0 fully saturated rings. The van der Waals surface area contributed by atoms with Crippen LogP contribution in [0, 0.1) is 0 Å². The molecule has 16 bridgehead atoms. The van der Waals surface area contributed by atoms with E-state index in [9.17, 15) is 0 Å². The summed E-state index contributed by atoms with van der Waals surface area (Å²) in [5.41, 5.74) is 16.2. The Bertz CT molecular complexity index is 2190. The average Bonchev–Trinajstić information content (AvgIpc) is 3.63. The average molecular weight is 1200 g/mol. The molecule has 16 heteroatoms. The molecule has 6 aromatic carbocycles. The molecular formula is C72H108N16. The Morgan fingerprint density at radius 2 is 0.261 bits per heavy atom. The van der Waals surface area contributed by atoms with Gasteiger partial charge in [-0.1, -0.05) is 146 Å². The molecule has 6 aromatic rings. The Balaban J connectivity index is 0.000000209. The van der Waals surface area contributed by atoms with Crippen LogP contribution in [-0.4, -0.2) is 177 Å². The number of nitrogens with zero attached hydrogens (tertiary/aromatic N) is 4. The Hall–Kier alpha value is -5.32. The zero-order valence-corrected chi connectivity index (χ0v) is 53.1. The summed E-state index contributed by atoms with van der Waals surface area (Å²) in [5, 5.41) is 44.5. The lowest BCUT2D eigenvalue weighted by atomic mass is 10.1. The van der Waals surface area contributed by atoms with Gasteiger partial charge in [0, 0.05) is 236 Å². The molecule has 0 aromatic heterocycles. The molecule has 476 valence electrons. The summed E-state index contributed by atoms with van der Waals surface area (Å²) in [7, 11) is 0. The van der Waals surface area contributed by atoms with Crippen molar-refractivity contribution < 1.29 is 0 Å². The third-order valence-corrected chi connectivity index (χ3v) is 17.2. The minimum atomic E-state index is 0.901. The first kappa shape index (κ1) is 67.1. The maximum Gasteiger partial charge on any atom is 0.0206 e. The van der Waals surface area contributed by atoms with E-state index in [1.165, 1.54) is 66.8 Å². The highest BCUT2D eigenvalue weighted by molar-refractivity contribution is 5.28. The normalized spacial score (nSPS) is 22.6. The number of hydrogen-bond acceptors (Lipinski definition) is 16. The van der Waals surface area contributed by atoms with E-state index >= 15 is 0 Å². The van der Waals surface area contributed by atoms with Gasteiger partial charge in [-0.15, -0.1) is 0 Å². The van der Waals surface area contributed by atoms with Crippen LogP contribution in [0.25, 0.3) is 0 Å². The van der Waals surface area contributed by atoms with Crippen LogP contribution in [0.5, 0.6) is 0 Å². The largest absolute Gasteiger partial charge is 0.311 e. The fourth-order valence-corrected chi connectivity index (χ4v) is 12.1. The van der Waals surface area contributed by atoms with Crippen molar-refractivity contribution in [1.82, 2.24) is 83.4 Å². The standard InChI is InChI=1S/2C36H54N8/c2*1-4-31-22-32(5-1)26-38-11-17-44-19-13-40-28-34-7-2-6-33(23-34)27-39-12-18-43(16-10-37-25-31)20-14-41-29-35-8-3-9-36(24-35)30-42-15-21-44/h2*1-9,22-24,37-42H,10-21,25-30H2. The molecule has 0 aliphatic carbocycles. The van der Waals surface area contributed by atoms with Gasteiger partial charge >= 0.3 is 0 Å². The van der Waals surface area contributed by atoms with Crippen molar-refractivity contribution in [2.45, 2.75) is 78.5 Å². The van der Waals surface area contributed by atoms with Crippen molar-refractivity contribution in [3.05, 3.63) is 212 Å². The molecule has 0 atom stereocenters. The first-order chi connectivity index (χ1) is 43.6. The number of rotatable bonds is 0. The summed E-state index contributed by atoms with van der Waals surface area (Å²) < 4.78 is 0. The van der Waals surface area contributed by atoms with E-state index in [4.69, 9.17) is 0 Å². The van der Waals surface area contributed by atoms with Gasteiger partial charge in [0.15, 0.2) is 0 Å². The molecular weight excluding hydrogens is 1090 g/mol. The number of hydrogen-bond donors (Lipinski definition) is 12. The predicted octanol–water partition coefficient (Wildman–Crippen LogP) is 4.51. The van der Waals surface area contributed by atoms with Crippen LogP contribution < -0.4 is 63.8 Å². The molecule has 0 unspecified atom stereocenters.